The zero-order valence-electron chi connectivity index (χ0n) is 20.0. The number of nitrogens with one attached hydrogen (secondary N) is 1. The molecular formula is C26H30BN5O3. The van der Waals surface area contributed by atoms with E-state index in [1.807, 2.05) is 18.2 Å². The average molecular weight is 471 g/mol. The Bertz CT molecular complexity index is 1280. The molecule has 8 nitrogen and oxygen atoms in total. The van der Waals surface area contributed by atoms with Gasteiger partial charge in [0.2, 0.25) is 5.91 Å². The van der Waals surface area contributed by atoms with Crippen LogP contribution >= 0.6 is 0 Å². The molecule has 1 aliphatic carbocycles. The number of benzene rings is 2. The van der Waals surface area contributed by atoms with Crippen LogP contribution in [0.1, 0.15) is 57.0 Å². The molecule has 0 radical (unpaired) electrons. The molecule has 0 fully saturated rings. The van der Waals surface area contributed by atoms with Gasteiger partial charge in [-0.25, -0.2) is 9.97 Å². The maximum Gasteiger partial charge on any atom is 0.488 e. The van der Waals surface area contributed by atoms with E-state index in [-0.39, 0.29) is 11.8 Å². The SMILES string of the molecule is CC1Cc2c(C(N)=O)cccc2C1c1nc2c(c(NCc3cccc(B(O)O)c3)n1)CN(C)CC2. The van der Waals surface area contributed by atoms with Gasteiger partial charge in [0, 0.05) is 43.1 Å². The standard InChI is InChI=1S/C26H30BN5O3/c1-15-11-20-18(7-4-8-19(20)24(28)33)23(15)26-30-22-9-10-32(2)14-21(22)25(31-26)29-13-16-5-3-6-17(12-16)27(34)35/h3-8,12,15,23,34-35H,9-11,13-14H2,1-2H3,(H2,28,33)(H,29,30,31). The Morgan fingerprint density at radius 3 is 2.77 bits per heavy atom. The summed E-state index contributed by atoms with van der Waals surface area (Å²) in [7, 11) is 0.587. The van der Waals surface area contributed by atoms with Crippen molar-refractivity contribution in [3.05, 3.63) is 81.8 Å². The van der Waals surface area contributed by atoms with Crippen LogP contribution < -0.4 is 16.5 Å². The van der Waals surface area contributed by atoms with Crippen molar-refractivity contribution < 1.29 is 14.8 Å². The fourth-order valence-corrected chi connectivity index (χ4v) is 5.40. The van der Waals surface area contributed by atoms with E-state index in [2.05, 4.69) is 30.3 Å². The summed E-state index contributed by atoms with van der Waals surface area (Å²) >= 11 is 0. The first kappa shape index (κ1) is 23.5. The highest BCUT2D eigenvalue weighted by atomic mass is 16.4. The molecule has 2 unspecified atom stereocenters. The molecule has 3 aromatic rings. The molecular weight excluding hydrogens is 441 g/mol. The lowest BCUT2D eigenvalue weighted by atomic mass is 9.79. The van der Waals surface area contributed by atoms with E-state index in [0.29, 0.717) is 17.6 Å². The second kappa shape index (κ2) is 9.41. The molecule has 0 saturated heterocycles. The van der Waals surface area contributed by atoms with Gasteiger partial charge in [0.15, 0.2) is 0 Å². The lowest BCUT2D eigenvalue weighted by Crippen LogP contribution is -2.30. The van der Waals surface area contributed by atoms with Crippen LogP contribution in [0.5, 0.6) is 0 Å². The lowest BCUT2D eigenvalue weighted by Gasteiger charge is -2.28. The summed E-state index contributed by atoms with van der Waals surface area (Å²) in [5, 5.41) is 22.5. The summed E-state index contributed by atoms with van der Waals surface area (Å²) < 4.78 is 0. The van der Waals surface area contributed by atoms with E-state index in [0.717, 1.165) is 65.5 Å². The van der Waals surface area contributed by atoms with Gasteiger partial charge in [0.25, 0.3) is 0 Å². The molecule has 180 valence electrons. The van der Waals surface area contributed by atoms with E-state index in [1.54, 1.807) is 18.2 Å². The van der Waals surface area contributed by atoms with Crippen LogP contribution in [0.4, 0.5) is 5.82 Å². The summed E-state index contributed by atoms with van der Waals surface area (Å²) in [6.45, 7) is 4.36. The van der Waals surface area contributed by atoms with Gasteiger partial charge in [0.05, 0.1) is 5.69 Å². The average Bonchev–Trinajstić information content (AvgIpc) is 3.18. The molecule has 2 atom stereocenters. The molecule has 1 aromatic heterocycles. The highest BCUT2D eigenvalue weighted by molar-refractivity contribution is 6.58. The maximum atomic E-state index is 12.0. The number of nitrogens with two attached hydrogens (primary N) is 1. The predicted octanol–water partition coefficient (Wildman–Crippen LogP) is 1.18. The van der Waals surface area contributed by atoms with E-state index < -0.39 is 13.0 Å². The molecule has 1 amide bonds. The number of hydrogen-bond donors (Lipinski definition) is 4. The number of fused-ring (bicyclic) bond motifs is 2. The second-order valence-electron chi connectivity index (χ2n) is 9.71. The van der Waals surface area contributed by atoms with Crippen LogP contribution in [-0.2, 0) is 25.9 Å². The van der Waals surface area contributed by atoms with Crippen LogP contribution in [-0.4, -0.2) is 51.5 Å². The molecule has 2 heterocycles. The Morgan fingerprint density at radius 2 is 2.00 bits per heavy atom. The van der Waals surface area contributed by atoms with Gasteiger partial charge in [-0.3, -0.25) is 4.79 Å². The molecule has 0 saturated carbocycles. The van der Waals surface area contributed by atoms with Gasteiger partial charge in [0.1, 0.15) is 11.6 Å². The number of carbonyl (C=O) groups is 1. The Morgan fingerprint density at radius 1 is 1.20 bits per heavy atom. The Labute approximate surface area is 205 Å². The molecule has 0 spiro atoms. The minimum absolute atomic E-state index is 0.0114. The zero-order chi connectivity index (χ0) is 24.7. The van der Waals surface area contributed by atoms with E-state index in [1.165, 1.54) is 0 Å². The number of hydrogen-bond acceptors (Lipinski definition) is 7. The van der Waals surface area contributed by atoms with Crippen molar-refractivity contribution in [2.24, 2.45) is 11.7 Å². The van der Waals surface area contributed by atoms with Gasteiger partial charge < -0.3 is 26.0 Å². The predicted molar refractivity (Wildman–Crippen MR) is 135 cm³/mol. The quantitative estimate of drug-likeness (QED) is 0.398. The third kappa shape index (κ3) is 4.54. The summed E-state index contributed by atoms with van der Waals surface area (Å²) in [6.07, 6.45) is 1.61. The summed E-state index contributed by atoms with van der Waals surface area (Å²) in [4.78, 5) is 24.4. The van der Waals surface area contributed by atoms with Crippen LogP contribution in [0.2, 0.25) is 0 Å². The summed E-state index contributed by atoms with van der Waals surface area (Å²) in [6, 6.07) is 13.0. The van der Waals surface area contributed by atoms with Crippen molar-refractivity contribution in [3.63, 3.8) is 0 Å². The van der Waals surface area contributed by atoms with Crippen LogP contribution in [0, 0.1) is 5.92 Å². The molecule has 5 N–H and O–H groups in total. The van der Waals surface area contributed by atoms with Crippen LogP contribution in [0.15, 0.2) is 42.5 Å². The minimum Gasteiger partial charge on any atom is -0.423 e. The van der Waals surface area contributed by atoms with Crippen molar-refractivity contribution in [3.8, 4) is 0 Å². The number of likely N-dealkylation sites (N-methyl/N-ethyl adjacent to an activating group) is 1. The Balaban J connectivity index is 1.52. The van der Waals surface area contributed by atoms with Crippen molar-refractivity contribution >= 4 is 24.3 Å². The third-order valence-corrected chi connectivity index (χ3v) is 7.16. The van der Waals surface area contributed by atoms with E-state index >= 15 is 0 Å². The van der Waals surface area contributed by atoms with Crippen LogP contribution in [0.25, 0.3) is 0 Å². The topological polar surface area (TPSA) is 125 Å². The number of primary amides is 1. The molecule has 2 aromatic carbocycles. The van der Waals surface area contributed by atoms with Crippen molar-refractivity contribution in [1.82, 2.24) is 14.9 Å². The number of anilines is 1. The molecule has 9 heteroatoms. The fraction of sp³-hybridized carbons (Fsp3) is 0.346. The monoisotopic (exact) mass is 471 g/mol. The number of carbonyl (C=O) groups excluding carboxylic acids is 1. The van der Waals surface area contributed by atoms with Crippen molar-refractivity contribution in [2.45, 2.75) is 38.8 Å². The van der Waals surface area contributed by atoms with Crippen molar-refractivity contribution in [2.75, 3.05) is 18.9 Å². The summed E-state index contributed by atoms with van der Waals surface area (Å²) in [5.74, 6) is 1.40. The first-order valence-electron chi connectivity index (χ1n) is 12.0. The zero-order valence-corrected chi connectivity index (χ0v) is 20.0. The lowest BCUT2D eigenvalue weighted by molar-refractivity contribution is 0.0999. The van der Waals surface area contributed by atoms with E-state index in [9.17, 15) is 14.8 Å². The highest BCUT2D eigenvalue weighted by Gasteiger charge is 2.36. The molecule has 1 aliphatic heterocycles. The minimum atomic E-state index is -1.50. The normalized spacial score (nSPS) is 19.2. The van der Waals surface area contributed by atoms with Crippen molar-refractivity contribution in [1.29, 1.82) is 0 Å². The van der Waals surface area contributed by atoms with Gasteiger partial charge in [-0.05, 0) is 47.6 Å². The van der Waals surface area contributed by atoms with E-state index in [4.69, 9.17) is 15.7 Å². The smallest absolute Gasteiger partial charge is 0.423 e. The van der Waals surface area contributed by atoms with Gasteiger partial charge in [-0.15, -0.1) is 0 Å². The van der Waals surface area contributed by atoms with Gasteiger partial charge in [-0.2, -0.15) is 0 Å². The maximum absolute atomic E-state index is 12.0. The molecule has 2 aliphatic rings. The number of rotatable bonds is 6. The molecule has 5 rings (SSSR count). The number of nitrogens with zero attached hydrogens (tertiary/aromatic N) is 3. The first-order chi connectivity index (χ1) is 16.8. The first-order valence-corrected chi connectivity index (χ1v) is 12.0. The van der Waals surface area contributed by atoms with Crippen LogP contribution in [0.3, 0.4) is 0 Å². The molecule has 35 heavy (non-hydrogen) atoms. The largest absolute Gasteiger partial charge is 0.488 e. The Hall–Kier alpha value is -3.27. The second-order valence-corrected chi connectivity index (χ2v) is 9.71. The highest BCUT2D eigenvalue weighted by Crippen LogP contribution is 2.43. The number of amides is 1. The fourth-order valence-electron chi connectivity index (χ4n) is 5.40. The summed E-state index contributed by atoms with van der Waals surface area (Å²) in [5.41, 5.74) is 11.9. The Kier molecular flexibility index (Phi) is 6.31. The van der Waals surface area contributed by atoms with Gasteiger partial charge >= 0.3 is 7.12 Å². The third-order valence-electron chi connectivity index (χ3n) is 7.16. The molecule has 0 bridgehead atoms. The van der Waals surface area contributed by atoms with Gasteiger partial charge in [-0.1, -0.05) is 43.3 Å². The number of aromatic nitrogens is 2.